The lowest BCUT2D eigenvalue weighted by Crippen LogP contribution is -2.52. The van der Waals surface area contributed by atoms with Crippen LogP contribution in [0, 0.1) is 0 Å². The van der Waals surface area contributed by atoms with Crippen LogP contribution in [0.2, 0.25) is 5.02 Å². The number of halogens is 1. The summed E-state index contributed by atoms with van der Waals surface area (Å²) in [7, 11) is 0. The van der Waals surface area contributed by atoms with E-state index in [0.29, 0.717) is 23.6 Å². The van der Waals surface area contributed by atoms with Gasteiger partial charge in [0.2, 0.25) is 0 Å². The first-order chi connectivity index (χ1) is 13.4. The lowest BCUT2D eigenvalue weighted by atomic mass is 9.92. The molecule has 0 bridgehead atoms. The second-order valence-electron chi connectivity index (χ2n) is 6.51. The molecule has 0 spiro atoms. The van der Waals surface area contributed by atoms with Gasteiger partial charge in [-0.15, -0.1) is 0 Å². The van der Waals surface area contributed by atoms with Gasteiger partial charge in [0.05, 0.1) is 6.61 Å². The van der Waals surface area contributed by atoms with Gasteiger partial charge in [0, 0.05) is 5.02 Å². The first-order valence-corrected chi connectivity index (χ1v) is 9.25. The molecule has 4 atom stereocenters. The predicted molar refractivity (Wildman–Crippen MR) is 103 cm³/mol. The quantitative estimate of drug-likeness (QED) is 0.447. The van der Waals surface area contributed by atoms with Crippen LogP contribution in [-0.4, -0.2) is 51.3 Å². The molecule has 1 saturated heterocycles. The molecule has 0 saturated carbocycles. The maximum Gasteiger partial charge on any atom is 0.258 e. The Bertz CT molecular complexity index is 841. The summed E-state index contributed by atoms with van der Waals surface area (Å²) in [5, 5.41) is 42.4. The molecule has 3 rings (SSSR count). The van der Waals surface area contributed by atoms with E-state index in [4.69, 9.17) is 26.3 Å². The summed E-state index contributed by atoms with van der Waals surface area (Å²) < 4.78 is 10.8. The molecule has 2 aromatic rings. The van der Waals surface area contributed by atoms with Gasteiger partial charge in [-0.1, -0.05) is 41.0 Å². The van der Waals surface area contributed by atoms with Crippen molar-refractivity contribution in [3.05, 3.63) is 64.2 Å². The standard InChI is InChI=1S/C20H22ClNO6/c1-2-27-14-6-3-11(4-7-14)9-13-10-12(5-8-15(13)21)19-17(24)16(23)18(25)20(22-26)28-19/h3-8,10,16-19,23-26H,2,9H2,1H3/b22-20-/t16-,17-,18+,19+/m1/s1. The van der Waals surface area contributed by atoms with Gasteiger partial charge in [-0.05, 0) is 48.2 Å². The Morgan fingerprint density at radius 3 is 2.43 bits per heavy atom. The zero-order valence-electron chi connectivity index (χ0n) is 15.2. The van der Waals surface area contributed by atoms with Crippen molar-refractivity contribution in [2.24, 2.45) is 5.16 Å². The van der Waals surface area contributed by atoms with Crippen LogP contribution in [0.1, 0.15) is 29.7 Å². The van der Waals surface area contributed by atoms with E-state index in [9.17, 15) is 15.3 Å². The molecular weight excluding hydrogens is 386 g/mol. The number of aliphatic hydroxyl groups is 3. The number of hydrogen-bond acceptors (Lipinski definition) is 7. The monoisotopic (exact) mass is 407 g/mol. The van der Waals surface area contributed by atoms with Crippen molar-refractivity contribution < 1.29 is 30.0 Å². The fourth-order valence-corrected chi connectivity index (χ4v) is 3.31. The molecular formula is C20H22ClNO6. The van der Waals surface area contributed by atoms with Crippen molar-refractivity contribution >= 4 is 17.5 Å². The van der Waals surface area contributed by atoms with Crippen molar-refractivity contribution in [2.75, 3.05) is 6.61 Å². The van der Waals surface area contributed by atoms with Crippen LogP contribution < -0.4 is 4.74 Å². The van der Waals surface area contributed by atoms with Crippen molar-refractivity contribution in [3.8, 4) is 5.75 Å². The number of hydrogen-bond donors (Lipinski definition) is 4. The van der Waals surface area contributed by atoms with Crippen molar-refractivity contribution in [1.82, 2.24) is 0 Å². The molecule has 1 aliphatic heterocycles. The maximum absolute atomic E-state index is 10.3. The average Bonchev–Trinajstić information content (AvgIpc) is 2.70. The summed E-state index contributed by atoms with van der Waals surface area (Å²) in [4.78, 5) is 0. The third-order valence-corrected chi connectivity index (χ3v) is 4.98. The van der Waals surface area contributed by atoms with E-state index in [2.05, 4.69) is 5.16 Å². The van der Waals surface area contributed by atoms with E-state index in [1.54, 1.807) is 18.2 Å². The molecule has 0 aromatic heterocycles. The highest BCUT2D eigenvalue weighted by molar-refractivity contribution is 6.31. The minimum atomic E-state index is -1.60. The normalized spacial score (nSPS) is 26.1. The molecule has 1 heterocycles. The fourth-order valence-electron chi connectivity index (χ4n) is 3.13. The average molecular weight is 408 g/mol. The van der Waals surface area contributed by atoms with E-state index in [1.807, 2.05) is 31.2 Å². The molecule has 4 N–H and O–H groups in total. The van der Waals surface area contributed by atoms with E-state index in [-0.39, 0.29) is 0 Å². The molecule has 7 nitrogen and oxygen atoms in total. The minimum absolute atomic E-state index is 0.453. The Kier molecular flexibility index (Phi) is 6.41. The van der Waals surface area contributed by atoms with Crippen molar-refractivity contribution in [2.45, 2.75) is 37.8 Å². The molecule has 0 aliphatic carbocycles. The Morgan fingerprint density at radius 2 is 1.79 bits per heavy atom. The third kappa shape index (κ3) is 4.23. The van der Waals surface area contributed by atoms with Crippen LogP contribution in [0.3, 0.4) is 0 Å². The molecule has 8 heteroatoms. The number of benzene rings is 2. The first kappa shape index (κ1) is 20.4. The Hall–Kier alpha value is -2.32. The zero-order chi connectivity index (χ0) is 20.3. The molecule has 0 amide bonds. The predicted octanol–water partition coefficient (Wildman–Crippen LogP) is 2.27. The maximum atomic E-state index is 10.3. The Balaban J connectivity index is 1.84. The van der Waals surface area contributed by atoms with E-state index < -0.39 is 30.3 Å². The highest BCUT2D eigenvalue weighted by Gasteiger charge is 2.43. The van der Waals surface area contributed by atoms with E-state index in [1.165, 1.54) is 0 Å². The molecule has 28 heavy (non-hydrogen) atoms. The van der Waals surface area contributed by atoms with Crippen LogP contribution in [0.4, 0.5) is 0 Å². The van der Waals surface area contributed by atoms with Gasteiger partial charge >= 0.3 is 0 Å². The van der Waals surface area contributed by atoms with Crippen molar-refractivity contribution in [1.29, 1.82) is 0 Å². The van der Waals surface area contributed by atoms with Gasteiger partial charge in [0.25, 0.3) is 5.90 Å². The largest absolute Gasteiger partial charge is 0.494 e. The summed E-state index contributed by atoms with van der Waals surface area (Å²) in [6, 6.07) is 12.7. The third-order valence-electron chi connectivity index (χ3n) is 4.61. The SMILES string of the molecule is CCOc1ccc(Cc2cc([C@@H]3O/C(=N\O)[C@@H](O)[C@H](O)[C@H]3O)ccc2Cl)cc1. The summed E-state index contributed by atoms with van der Waals surface area (Å²) in [6.45, 7) is 2.51. The lowest BCUT2D eigenvalue weighted by Gasteiger charge is -2.36. The molecule has 150 valence electrons. The van der Waals surface area contributed by atoms with Gasteiger partial charge in [0.1, 0.15) is 18.0 Å². The minimum Gasteiger partial charge on any atom is -0.494 e. The second kappa shape index (κ2) is 8.79. The molecule has 0 unspecified atom stereocenters. The topological polar surface area (TPSA) is 112 Å². The fraction of sp³-hybridized carbons (Fsp3) is 0.350. The Labute approximate surface area is 167 Å². The summed E-state index contributed by atoms with van der Waals surface area (Å²) in [6.07, 6.45) is -5.03. The lowest BCUT2D eigenvalue weighted by molar-refractivity contribution is -0.121. The summed E-state index contributed by atoms with van der Waals surface area (Å²) >= 11 is 6.33. The van der Waals surface area contributed by atoms with Crippen LogP contribution in [0.25, 0.3) is 0 Å². The van der Waals surface area contributed by atoms with Crippen molar-refractivity contribution in [3.63, 3.8) is 0 Å². The van der Waals surface area contributed by atoms with Gasteiger partial charge in [-0.3, -0.25) is 0 Å². The van der Waals surface area contributed by atoms with Gasteiger partial charge in [0.15, 0.2) is 12.2 Å². The first-order valence-electron chi connectivity index (χ1n) is 8.87. The van der Waals surface area contributed by atoms with Crippen LogP contribution in [-0.2, 0) is 11.2 Å². The number of nitrogens with zero attached hydrogens (tertiary/aromatic N) is 1. The highest BCUT2D eigenvalue weighted by atomic mass is 35.5. The molecule has 0 radical (unpaired) electrons. The van der Waals surface area contributed by atoms with Gasteiger partial charge in [-0.25, -0.2) is 0 Å². The summed E-state index contributed by atoms with van der Waals surface area (Å²) in [5.41, 5.74) is 2.34. The van der Waals surface area contributed by atoms with E-state index >= 15 is 0 Å². The number of aliphatic hydroxyl groups excluding tert-OH is 3. The smallest absolute Gasteiger partial charge is 0.258 e. The number of ether oxygens (including phenoxy) is 2. The number of oxime groups is 1. The second-order valence-corrected chi connectivity index (χ2v) is 6.91. The van der Waals surface area contributed by atoms with Crippen LogP contribution in [0.15, 0.2) is 47.6 Å². The zero-order valence-corrected chi connectivity index (χ0v) is 16.0. The Morgan fingerprint density at radius 1 is 1.07 bits per heavy atom. The highest BCUT2D eigenvalue weighted by Crippen LogP contribution is 2.33. The molecule has 1 fully saturated rings. The van der Waals surface area contributed by atoms with E-state index in [0.717, 1.165) is 16.9 Å². The van der Waals surface area contributed by atoms with Gasteiger partial charge < -0.3 is 30.0 Å². The summed E-state index contributed by atoms with van der Waals surface area (Å²) in [5.74, 6) is 0.332. The van der Waals surface area contributed by atoms with Crippen LogP contribution in [0.5, 0.6) is 5.75 Å². The molecule has 1 aliphatic rings. The van der Waals surface area contributed by atoms with Crippen LogP contribution >= 0.6 is 11.6 Å². The van der Waals surface area contributed by atoms with Gasteiger partial charge in [-0.2, -0.15) is 0 Å². The number of rotatable bonds is 5. The molecule has 2 aromatic carbocycles.